The van der Waals surface area contributed by atoms with Crippen LogP contribution in [-0.2, 0) is 6.42 Å². The number of H-pyrrole nitrogens is 1. The van der Waals surface area contributed by atoms with Crippen molar-refractivity contribution in [3.63, 3.8) is 0 Å². The molecule has 126 valence electrons. The molecule has 25 heavy (non-hydrogen) atoms. The van der Waals surface area contributed by atoms with Crippen molar-refractivity contribution in [3.8, 4) is 0 Å². The van der Waals surface area contributed by atoms with Gasteiger partial charge in [0, 0.05) is 41.3 Å². The van der Waals surface area contributed by atoms with Crippen molar-refractivity contribution >= 4 is 34.1 Å². The number of benzene rings is 1. The number of nitrogens with one attached hydrogen (secondary N) is 2. The van der Waals surface area contributed by atoms with E-state index in [0.717, 1.165) is 35.2 Å². The molecular formula is C18H16ClN5O. The first kappa shape index (κ1) is 15.7. The van der Waals surface area contributed by atoms with Gasteiger partial charge >= 0.3 is 0 Å². The number of aryl methyl sites for hydroxylation is 1. The number of amides is 1. The Morgan fingerprint density at radius 2 is 2.16 bits per heavy atom. The summed E-state index contributed by atoms with van der Waals surface area (Å²) < 4.78 is 1.96. The van der Waals surface area contributed by atoms with Crippen molar-refractivity contribution in [2.24, 2.45) is 0 Å². The number of hydrogen-bond donors (Lipinski definition) is 2. The number of pyridine rings is 1. The summed E-state index contributed by atoms with van der Waals surface area (Å²) in [6, 6.07) is 11.2. The van der Waals surface area contributed by atoms with Gasteiger partial charge in [-0.15, -0.1) is 10.2 Å². The maximum Gasteiger partial charge on any atom is 0.253 e. The fourth-order valence-corrected chi connectivity index (χ4v) is 3.06. The highest BCUT2D eigenvalue weighted by Crippen LogP contribution is 2.21. The first-order valence-corrected chi connectivity index (χ1v) is 8.43. The smallest absolute Gasteiger partial charge is 0.253 e. The van der Waals surface area contributed by atoms with Gasteiger partial charge in [0.05, 0.1) is 5.56 Å². The average molecular weight is 354 g/mol. The third-order valence-corrected chi connectivity index (χ3v) is 4.37. The lowest BCUT2D eigenvalue weighted by molar-refractivity contribution is 0.0955. The summed E-state index contributed by atoms with van der Waals surface area (Å²) >= 11 is 5.97. The monoisotopic (exact) mass is 353 g/mol. The molecule has 0 bridgehead atoms. The normalized spacial score (nSPS) is 11.2. The van der Waals surface area contributed by atoms with E-state index >= 15 is 0 Å². The molecule has 0 saturated carbocycles. The second kappa shape index (κ2) is 6.57. The molecule has 0 fully saturated rings. The fourth-order valence-electron chi connectivity index (χ4n) is 2.89. The third kappa shape index (κ3) is 3.08. The van der Waals surface area contributed by atoms with Gasteiger partial charge in [-0.1, -0.05) is 23.7 Å². The third-order valence-electron chi connectivity index (χ3n) is 4.14. The van der Waals surface area contributed by atoms with Crippen LogP contribution in [0.1, 0.15) is 22.6 Å². The molecule has 6 nitrogen and oxygen atoms in total. The molecule has 0 radical (unpaired) electrons. The molecular weight excluding hydrogens is 338 g/mol. The standard InChI is InChI=1S/C18H16ClN5O/c19-12-6-7-13-14(11-21-15(13)10-12)18(25)20-8-3-5-17-23-22-16-4-1-2-9-24(16)17/h1-2,4,6-7,9-11,21H,3,5,8H2,(H,20,25). The lowest BCUT2D eigenvalue weighted by Gasteiger charge is -2.04. The Kier molecular flexibility index (Phi) is 4.11. The van der Waals surface area contributed by atoms with Gasteiger partial charge in [-0.2, -0.15) is 0 Å². The number of fused-ring (bicyclic) bond motifs is 2. The SMILES string of the molecule is O=C(NCCCc1nnc2ccccn12)c1c[nH]c2cc(Cl)ccc12. The zero-order valence-corrected chi connectivity index (χ0v) is 14.1. The predicted octanol–water partition coefficient (Wildman–Crippen LogP) is 3.23. The molecule has 3 heterocycles. The molecule has 0 aliphatic rings. The van der Waals surface area contributed by atoms with Crippen LogP contribution in [0.5, 0.6) is 0 Å². The van der Waals surface area contributed by atoms with E-state index in [1.807, 2.05) is 40.9 Å². The fraction of sp³-hybridized carbons (Fsp3) is 0.167. The van der Waals surface area contributed by atoms with Crippen LogP contribution in [0.15, 0.2) is 48.8 Å². The number of carbonyl (C=O) groups is 1. The van der Waals surface area contributed by atoms with E-state index in [9.17, 15) is 4.79 Å². The minimum Gasteiger partial charge on any atom is -0.360 e. The zero-order chi connectivity index (χ0) is 17.2. The summed E-state index contributed by atoms with van der Waals surface area (Å²) in [6.07, 6.45) is 5.19. The van der Waals surface area contributed by atoms with Gasteiger partial charge in [-0.05, 0) is 30.7 Å². The minimum atomic E-state index is -0.0975. The van der Waals surface area contributed by atoms with Crippen LogP contribution < -0.4 is 5.32 Å². The zero-order valence-electron chi connectivity index (χ0n) is 13.4. The summed E-state index contributed by atoms with van der Waals surface area (Å²) in [5, 5.41) is 12.8. The van der Waals surface area contributed by atoms with E-state index in [0.29, 0.717) is 17.1 Å². The minimum absolute atomic E-state index is 0.0975. The van der Waals surface area contributed by atoms with E-state index in [2.05, 4.69) is 20.5 Å². The Hall–Kier alpha value is -2.86. The van der Waals surface area contributed by atoms with Crippen LogP contribution in [0, 0.1) is 0 Å². The predicted molar refractivity (Wildman–Crippen MR) is 96.9 cm³/mol. The molecule has 2 N–H and O–H groups in total. The molecule has 0 atom stereocenters. The number of hydrogen-bond acceptors (Lipinski definition) is 3. The summed E-state index contributed by atoms with van der Waals surface area (Å²) in [5.74, 6) is 0.797. The Morgan fingerprint density at radius 1 is 1.24 bits per heavy atom. The van der Waals surface area contributed by atoms with Crippen LogP contribution in [0.2, 0.25) is 5.02 Å². The first-order chi connectivity index (χ1) is 12.2. The highest BCUT2D eigenvalue weighted by molar-refractivity contribution is 6.31. The van der Waals surface area contributed by atoms with Crippen molar-refractivity contribution in [1.82, 2.24) is 24.9 Å². The number of rotatable bonds is 5. The molecule has 0 unspecified atom stereocenters. The molecule has 0 aliphatic carbocycles. The van der Waals surface area contributed by atoms with E-state index in [1.54, 1.807) is 12.3 Å². The van der Waals surface area contributed by atoms with Gasteiger partial charge in [-0.3, -0.25) is 9.20 Å². The van der Waals surface area contributed by atoms with Crippen LogP contribution in [0.4, 0.5) is 0 Å². The molecule has 0 saturated heterocycles. The highest BCUT2D eigenvalue weighted by Gasteiger charge is 2.12. The van der Waals surface area contributed by atoms with E-state index in [-0.39, 0.29) is 5.91 Å². The quantitative estimate of drug-likeness (QED) is 0.541. The number of carbonyl (C=O) groups excluding carboxylic acids is 1. The first-order valence-electron chi connectivity index (χ1n) is 8.06. The van der Waals surface area contributed by atoms with Crippen molar-refractivity contribution in [2.75, 3.05) is 6.54 Å². The second-order valence-electron chi connectivity index (χ2n) is 5.80. The summed E-state index contributed by atoms with van der Waals surface area (Å²) in [4.78, 5) is 15.5. The topological polar surface area (TPSA) is 75.1 Å². The Labute approximate surface area is 148 Å². The molecule has 3 aromatic heterocycles. The lowest BCUT2D eigenvalue weighted by atomic mass is 10.1. The lowest BCUT2D eigenvalue weighted by Crippen LogP contribution is -2.24. The van der Waals surface area contributed by atoms with Crippen LogP contribution >= 0.6 is 11.6 Å². The van der Waals surface area contributed by atoms with Crippen molar-refractivity contribution in [1.29, 1.82) is 0 Å². The Bertz CT molecular complexity index is 1050. The largest absolute Gasteiger partial charge is 0.360 e. The maximum absolute atomic E-state index is 12.4. The molecule has 4 rings (SSSR count). The molecule has 7 heteroatoms. The summed E-state index contributed by atoms with van der Waals surface area (Å²) in [5.41, 5.74) is 2.31. The van der Waals surface area contributed by atoms with E-state index in [1.165, 1.54) is 0 Å². The summed E-state index contributed by atoms with van der Waals surface area (Å²) in [6.45, 7) is 0.570. The van der Waals surface area contributed by atoms with Crippen LogP contribution in [-0.4, -0.2) is 32.0 Å². The van der Waals surface area contributed by atoms with Gasteiger partial charge in [0.2, 0.25) is 0 Å². The maximum atomic E-state index is 12.4. The Balaban J connectivity index is 1.37. The second-order valence-corrected chi connectivity index (χ2v) is 6.23. The number of nitrogens with zero attached hydrogens (tertiary/aromatic N) is 3. The Morgan fingerprint density at radius 3 is 3.08 bits per heavy atom. The van der Waals surface area contributed by atoms with Crippen molar-refractivity contribution in [3.05, 3.63) is 65.2 Å². The molecule has 1 aromatic carbocycles. The average Bonchev–Trinajstić information content (AvgIpc) is 3.22. The molecule has 0 spiro atoms. The number of halogens is 1. The van der Waals surface area contributed by atoms with Gasteiger partial charge < -0.3 is 10.3 Å². The van der Waals surface area contributed by atoms with E-state index in [4.69, 9.17) is 11.6 Å². The van der Waals surface area contributed by atoms with Crippen molar-refractivity contribution < 1.29 is 4.79 Å². The molecule has 4 aromatic rings. The number of aromatic amines is 1. The summed E-state index contributed by atoms with van der Waals surface area (Å²) in [7, 11) is 0. The highest BCUT2D eigenvalue weighted by atomic mass is 35.5. The van der Waals surface area contributed by atoms with Gasteiger partial charge in [0.1, 0.15) is 5.82 Å². The van der Waals surface area contributed by atoms with Gasteiger partial charge in [-0.25, -0.2) is 0 Å². The van der Waals surface area contributed by atoms with Gasteiger partial charge in [0.15, 0.2) is 5.65 Å². The molecule has 1 amide bonds. The van der Waals surface area contributed by atoms with Gasteiger partial charge in [0.25, 0.3) is 5.91 Å². The van der Waals surface area contributed by atoms with Crippen LogP contribution in [0.25, 0.3) is 16.6 Å². The van der Waals surface area contributed by atoms with Crippen molar-refractivity contribution in [2.45, 2.75) is 12.8 Å². The molecule has 0 aliphatic heterocycles. The number of aromatic nitrogens is 4. The van der Waals surface area contributed by atoms with E-state index < -0.39 is 0 Å². The van der Waals surface area contributed by atoms with Crippen LogP contribution in [0.3, 0.4) is 0 Å².